The first kappa shape index (κ1) is 23.4. The molecule has 0 saturated carbocycles. The van der Waals surface area contributed by atoms with Crippen LogP contribution in [-0.2, 0) is 9.59 Å². The Balaban J connectivity index is 1.37. The van der Waals surface area contributed by atoms with E-state index in [2.05, 4.69) is 5.32 Å². The van der Waals surface area contributed by atoms with Crippen LogP contribution in [0.1, 0.15) is 23.7 Å². The largest absolute Gasteiger partial charge is 0.497 e. The molecule has 0 aliphatic carbocycles. The zero-order valence-corrected chi connectivity index (χ0v) is 19.6. The lowest BCUT2D eigenvalue weighted by molar-refractivity contribution is -0.121. The summed E-state index contributed by atoms with van der Waals surface area (Å²) in [4.78, 5) is 40.0. The SMILES string of the molecule is CCOc1ccc(N2C(=O)CC(Sc3ccc(NC(=O)c4ccc(OC)cc4)cc3)C2=O)cc1. The van der Waals surface area contributed by atoms with Gasteiger partial charge in [-0.3, -0.25) is 14.4 Å². The quantitative estimate of drug-likeness (QED) is 0.472. The highest BCUT2D eigenvalue weighted by molar-refractivity contribution is 8.00. The Bertz CT molecular complexity index is 1180. The predicted molar refractivity (Wildman–Crippen MR) is 132 cm³/mol. The van der Waals surface area contributed by atoms with Crippen molar-refractivity contribution in [3.05, 3.63) is 78.4 Å². The van der Waals surface area contributed by atoms with Crippen LogP contribution >= 0.6 is 11.8 Å². The van der Waals surface area contributed by atoms with E-state index in [1.807, 2.05) is 19.1 Å². The van der Waals surface area contributed by atoms with Crippen LogP contribution in [0.2, 0.25) is 0 Å². The third kappa shape index (κ3) is 5.23. The summed E-state index contributed by atoms with van der Waals surface area (Å²) in [6.07, 6.45) is 0.132. The monoisotopic (exact) mass is 476 g/mol. The minimum Gasteiger partial charge on any atom is -0.497 e. The summed E-state index contributed by atoms with van der Waals surface area (Å²) in [5, 5.41) is 2.34. The molecule has 1 unspecified atom stereocenters. The van der Waals surface area contributed by atoms with Gasteiger partial charge in [0.15, 0.2) is 0 Å². The van der Waals surface area contributed by atoms with Crippen molar-refractivity contribution < 1.29 is 23.9 Å². The molecule has 1 aliphatic heterocycles. The van der Waals surface area contributed by atoms with Crippen molar-refractivity contribution in [1.29, 1.82) is 0 Å². The van der Waals surface area contributed by atoms with E-state index in [4.69, 9.17) is 9.47 Å². The number of carbonyl (C=O) groups is 3. The second-order valence-electron chi connectivity index (χ2n) is 7.51. The van der Waals surface area contributed by atoms with Crippen molar-refractivity contribution in [2.24, 2.45) is 0 Å². The van der Waals surface area contributed by atoms with Gasteiger partial charge in [-0.15, -0.1) is 11.8 Å². The Hall–Kier alpha value is -3.78. The van der Waals surface area contributed by atoms with Crippen molar-refractivity contribution in [2.75, 3.05) is 23.9 Å². The first-order chi connectivity index (χ1) is 16.5. The number of methoxy groups -OCH3 is 1. The Morgan fingerprint density at radius 1 is 0.971 bits per heavy atom. The lowest BCUT2D eigenvalue weighted by Gasteiger charge is -2.15. The number of benzene rings is 3. The second kappa shape index (κ2) is 10.4. The average Bonchev–Trinajstić information content (AvgIpc) is 3.13. The molecular formula is C26H24N2O5S. The average molecular weight is 477 g/mol. The van der Waals surface area contributed by atoms with Crippen molar-refractivity contribution in [2.45, 2.75) is 23.5 Å². The summed E-state index contributed by atoms with van der Waals surface area (Å²) in [5.74, 6) is 0.672. The molecular weight excluding hydrogens is 452 g/mol. The number of nitrogens with zero attached hydrogens (tertiary/aromatic N) is 1. The molecule has 1 N–H and O–H groups in total. The molecule has 1 fully saturated rings. The highest BCUT2D eigenvalue weighted by atomic mass is 32.2. The van der Waals surface area contributed by atoms with Gasteiger partial charge in [-0.2, -0.15) is 0 Å². The number of imide groups is 1. The lowest BCUT2D eigenvalue weighted by atomic mass is 10.2. The summed E-state index contributed by atoms with van der Waals surface area (Å²) < 4.78 is 10.5. The first-order valence-electron chi connectivity index (χ1n) is 10.8. The van der Waals surface area contributed by atoms with Crippen molar-refractivity contribution in [1.82, 2.24) is 0 Å². The van der Waals surface area contributed by atoms with Crippen molar-refractivity contribution in [3.63, 3.8) is 0 Å². The van der Waals surface area contributed by atoms with E-state index in [-0.39, 0.29) is 24.1 Å². The van der Waals surface area contributed by atoms with Gasteiger partial charge in [-0.1, -0.05) is 0 Å². The molecule has 0 bridgehead atoms. The van der Waals surface area contributed by atoms with Gasteiger partial charge in [0.2, 0.25) is 11.8 Å². The normalized spacial score (nSPS) is 15.4. The number of ether oxygens (including phenoxy) is 2. The topological polar surface area (TPSA) is 84.9 Å². The molecule has 3 aromatic carbocycles. The van der Waals surface area contributed by atoms with Gasteiger partial charge in [0.05, 0.1) is 24.7 Å². The molecule has 0 radical (unpaired) electrons. The van der Waals surface area contributed by atoms with Crippen LogP contribution in [0.25, 0.3) is 0 Å². The van der Waals surface area contributed by atoms with Crippen LogP contribution in [0.3, 0.4) is 0 Å². The summed E-state index contributed by atoms with van der Waals surface area (Å²) in [7, 11) is 1.57. The van der Waals surface area contributed by atoms with Crippen LogP contribution in [0, 0.1) is 0 Å². The molecule has 8 heteroatoms. The number of hydrogen-bond acceptors (Lipinski definition) is 6. The number of amides is 3. The number of hydrogen-bond donors (Lipinski definition) is 1. The maximum absolute atomic E-state index is 12.9. The molecule has 0 aromatic heterocycles. The van der Waals surface area contributed by atoms with Crippen molar-refractivity contribution in [3.8, 4) is 11.5 Å². The number of nitrogens with one attached hydrogen (secondary N) is 1. The van der Waals surface area contributed by atoms with E-state index in [1.54, 1.807) is 67.8 Å². The third-order valence-electron chi connectivity index (χ3n) is 5.25. The Kier molecular flexibility index (Phi) is 7.18. The predicted octanol–water partition coefficient (Wildman–Crippen LogP) is 4.77. The van der Waals surface area contributed by atoms with E-state index in [9.17, 15) is 14.4 Å². The number of anilines is 2. The van der Waals surface area contributed by atoms with Gasteiger partial charge in [-0.25, -0.2) is 4.90 Å². The Labute approximate surface area is 202 Å². The van der Waals surface area contributed by atoms with Gasteiger partial charge in [-0.05, 0) is 79.7 Å². The lowest BCUT2D eigenvalue weighted by Crippen LogP contribution is -2.31. The molecule has 1 aliphatic rings. The van der Waals surface area contributed by atoms with Crippen LogP contribution in [0.5, 0.6) is 11.5 Å². The van der Waals surface area contributed by atoms with Gasteiger partial charge < -0.3 is 14.8 Å². The number of thioether (sulfide) groups is 1. The zero-order chi connectivity index (χ0) is 24.1. The fourth-order valence-electron chi connectivity index (χ4n) is 3.55. The van der Waals surface area contributed by atoms with Crippen LogP contribution in [-0.4, -0.2) is 36.7 Å². The van der Waals surface area contributed by atoms with Gasteiger partial charge in [0.25, 0.3) is 5.91 Å². The molecule has 1 heterocycles. The Morgan fingerprint density at radius 2 is 1.62 bits per heavy atom. The smallest absolute Gasteiger partial charge is 0.255 e. The molecule has 0 spiro atoms. The molecule has 4 rings (SSSR count). The van der Waals surface area contributed by atoms with Crippen molar-refractivity contribution >= 4 is 40.9 Å². The maximum Gasteiger partial charge on any atom is 0.255 e. The molecule has 1 atom stereocenters. The highest BCUT2D eigenvalue weighted by Gasteiger charge is 2.40. The maximum atomic E-state index is 12.9. The second-order valence-corrected chi connectivity index (χ2v) is 8.79. The van der Waals surface area contributed by atoms with Crippen LogP contribution in [0.4, 0.5) is 11.4 Å². The zero-order valence-electron chi connectivity index (χ0n) is 18.8. The fraction of sp³-hybridized carbons (Fsp3) is 0.192. The molecule has 3 amide bonds. The third-order valence-corrected chi connectivity index (χ3v) is 6.45. The van der Waals surface area contributed by atoms with E-state index in [0.29, 0.717) is 35.0 Å². The highest BCUT2D eigenvalue weighted by Crippen LogP contribution is 2.35. The van der Waals surface area contributed by atoms with Gasteiger partial charge in [0.1, 0.15) is 11.5 Å². The van der Waals surface area contributed by atoms with Crippen LogP contribution < -0.4 is 19.7 Å². The Morgan fingerprint density at radius 3 is 2.24 bits per heavy atom. The standard InChI is InChI=1S/C26H24N2O5S/c1-3-33-21-12-8-19(9-13-21)28-24(29)16-23(26(28)31)34-22-14-6-18(7-15-22)27-25(30)17-4-10-20(32-2)11-5-17/h4-15,23H,3,16H2,1-2H3,(H,27,30). The van der Waals surface area contributed by atoms with Crippen LogP contribution in [0.15, 0.2) is 77.7 Å². The fourth-order valence-corrected chi connectivity index (χ4v) is 4.61. The van der Waals surface area contributed by atoms with E-state index in [0.717, 1.165) is 4.90 Å². The number of rotatable bonds is 8. The molecule has 7 nitrogen and oxygen atoms in total. The summed E-state index contributed by atoms with van der Waals surface area (Å²) in [5.41, 5.74) is 1.69. The minimum absolute atomic E-state index is 0.132. The molecule has 34 heavy (non-hydrogen) atoms. The van der Waals surface area contributed by atoms with Gasteiger partial charge >= 0.3 is 0 Å². The summed E-state index contributed by atoms with van der Waals surface area (Å²) in [6, 6.07) is 21.0. The van der Waals surface area contributed by atoms with Gasteiger partial charge in [0, 0.05) is 22.6 Å². The first-order valence-corrected chi connectivity index (χ1v) is 11.7. The molecule has 1 saturated heterocycles. The minimum atomic E-state index is -0.501. The summed E-state index contributed by atoms with van der Waals surface area (Å²) >= 11 is 1.34. The molecule has 3 aromatic rings. The molecule has 174 valence electrons. The van der Waals surface area contributed by atoms with E-state index in [1.165, 1.54) is 16.7 Å². The van der Waals surface area contributed by atoms with E-state index >= 15 is 0 Å². The summed E-state index contributed by atoms with van der Waals surface area (Å²) in [6.45, 7) is 2.44. The van der Waals surface area contributed by atoms with E-state index < -0.39 is 5.25 Å². The number of carbonyl (C=O) groups excluding carboxylic acids is 3.